The molecule has 6 aromatic rings. The van der Waals surface area contributed by atoms with E-state index in [1.807, 2.05) is 86.6 Å². The fraction of sp³-hybridized carbons (Fsp3) is 0.259. The predicted molar refractivity (Wildman–Crippen MR) is 291 cm³/mol. The minimum atomic E-state index is -4.12. The molecular formula is C54H48Br2Cl2N4O10S2. The molecule has 0 saturated heterocycles. The van der Waals surface area contributed by atoms with Gasteiger partial charge in [0.15, 0.2) is 0 Å². The highest BCUT2D eigenvalue weighted by Gasteiger charge is 2.62. The number of benzene rings is 6. The number of nitrogens with one attached hydrogen (secondary N) is 2. The highest BCUT2D eigenvalue weighted by Crippen LogP contribution is 2.57. The van der Waals surface area contributed by atoms with Gasteiger partial charge in [0, 0.05) is 69.3 Å². The van der Waals surface area contributed by atoms with Crippen molar-refractivity contribution in [3.05, 3.63) is 186 Å². The van der Waals surface area contributed by atoms with Crippen LogP contribution in [0.1, 0.15) is 70.9 Å². The quantitative estimate of drug-likeness (QED) is 0.125. The van der Waals surface area contributed by atoms with E-state index < -0.39 is 55.1 Å². The lowest BCUT2D eigenvalue weighted by Crippen LogP contribution is -2.55. The molecule has 0 bridgehead atoms. The first kappa shape index (κ1) is 53.4. The van der Waals surface area contributed by atoms with Crippen LogP contribution in [0, 0.1) is 13.8 Å². The van der Waals surface area contributed by atoms with Crippen LogP contribution in [0.2, 0.25) is 10.0 Å². The predicted octanol–water partition coefficient (Wildman–Crippen LogP) is 11.9. The number of aryl methyl sites for hydroxylation is 2. The third-order valence-corrected chi connectivity index (χ3v) is 17.9. The molecule has 2 N–H and O–H groups in total. The van der Waals surface area contributed by atoms with Gasteiger partial charge >= 0.3 is 20.2 Å². The number of carbonyl (C=O) groups excluding carboxylic acids is 2. The summed E-state index contributed by atoms with van der Waals surface area (Å²) in [5.74, 6) is -1.28. The van der Waals surface area contributed by atoms with Gasteiger partial charge in [-0.05, 0) is 122 Å². The van der Waals surface area contributed by atoms with E-state index in [0.29, 0.717) is 32.8 Å². The molecule has 6 atom stereocenters. The molecule has 2 saturated carbocycles. The van der Waals surface area contributed by atoms with Crippen LogP contribution < -0.4 is 10.6 Å². The molecule has 2 aliphatic carbocycles. The number of oxime groups is 2. The fourth-order valence-corrected chi connectivity index (χ4v) is 13.4. The highest BCUT2D eigenvalue weighted by molar-refractivity contribution is 9.10. The Balaban J connectivity index is 0.000000182. The molecule has 2 aliphatic heterocycles. The van der Waals surface area contributed by atoms with Crippen molar-refractivity contribution in [3.63, 3.8) is 0 Å². The zero-order valence-electron chi connectivity index (χ0n) is 40.1. The summed E-state index contributed by atoms with van der Waals surface area (Å²) in [5.41, 5.74) is 5.29. The van der Waals surface area contributed by atoms with Gasteiger partial charge in [0.05, 0.1) is 23.6 Å². The van der Waals surface area contributed by atoms with E-state index in [1.165, 1.54) is 24.3 Å². The van der Waals surface area contributed by atoms with Crippen LogP contribution in [0.25, 0.3) is 0 Å². The van der Waals surface area contributed by atoms with Crippen molar-refractivity contribution in [2.45, 2.75) is 84.2 Å². The van der Waals surface area contributed by atoms with E-state index in [4.69, 9.17) is 41.2 Å². The lowest BCUT2D eigenvalue weighted by atomic mass is 9.59. The fourth-order valence-electron chi connectivity index (χ4n) is 10.7. The number of methoxy groups -OCH3 is 2. The van der Waals surface area contributed by atoms with Crippen LogP contribution in [0.3, 0.4) is 0 Å². The summed E-state index contributed by atoms with van der Waals surface area (Å²) in [4.78, 5) is 27.6. The van der Waals surface area contributed by atoms with E-state index in [0.717, 1.165) is 42.3 Å². The van der Waals surface area contributed by atoms with Crippen LogP contribution in [0.4, 0.5) is 11.4 Å². The lowest BCUT2D eigenvalue weighted by Gasteiger charge is -2.45. The summed E-state index contributed by atoms with van der Waals surface area (Å²) < 4.78 is 74.9. The Morgan fingerprint density at radius 1 is 0.541 bits per heavy atom. The molecule has 0 radical (unpaired) electrons. The van der Waals surface area contributed by atoms with Gasteiger partial charge in [-0.25, -0.2) is 0 Å². The number of rotatable bonds is 10. The van der Waals surface area contributed by atoms with Crippen LogP contribution in [-0.4, -0.2) is 66.5 Å². The smallest absolute Gasteiger partial charge is 0.358 e. The molecule has 0 aromatic heterocycles. The normalized spacial score (nSPS) is 24.2. The van der Waals surface area contributed by atoms with Crippen molar-refractivity contribution < 1.29 is 44.5 Å². The number of anilines is 2. The standard InChI is InChI=1S/2C27H24BrClN2O5S/c2*1-16-6-9-21(10-7-16)37(33,34)36-31-20-14-23(17-4-3-5-19(29)12-17)27(25(15-20)35-2)22-11-8-18(28)13-24(22)30-26(27)32/h2*3-13,23,25H,14-15H2,1-2H3,(H,30,32)/b31-20+;31-20-/t2*23-,25-,27-/m00/s1. The van der Waals surface area contributed by atoms with Gasteiger partial charge in [-0.15, -0.1) is 0 Å². The molecule has 0 unspecified atom stereocenters. The first-order valence-electron chi connectivity index (χ1n) is 23.2. The number of hydrogen-bond donors (Lipinski definition) is 2. The Hall–Kier alpha value is -5.44. The summed E-state index contributed by atoms with van der Waals surface area (Å²) in [6.07, 6.45) is -0.326. The van der Waals surface area contributed by atoms with E-state index in [2.05, 4.69) is 52.8 Å². The van der Waals surface area contributed by atoms with Crippen LogP contribution in [0.15, 0.2) is 163 Å². The van der Waals surface area contributed by atoms with Crippen molar-refractivity contribution in [2.24, 2.45) is 10.3 Å². The van der Waals surface area contributed by atoms with E-state index >= 15 is 0 Å². The third-order valence-electron chi connectivity index (χ3n) is 14.2. The van der Waals surface area contributed by atoms with Crippen LogP contribution in [-0.2, 0) is 58.7 Å². The van der Waals surface area contributed by atoms with E-state index in [-0.39, 0.29) is 47.3 Å². The number of carbonyl (C=O) groups is 2. The SMILES string of the molecule is CO[C@H]1C/C(=N/OS(=O)(=O)c2ccc(C)cc2)C[C@@H](c2cccc(Cl)c2)[C@]12C(=O)Nc1cc(Br)ccc12.CO[C@H]1C/C(=N\OS(=O)(=O)c2ccc(C)cc2)C[C@@H](c2cccc(Cl)c2)[C@]12C(=O)Nc1cc(Br)ccc12. The average Bonchev–Trinajstić information content (AvgIpc) is 3.81. The number of nitrogens with zero attached hydrogens (tertiary/aromatic N) is 2. The number of amides is 2. The Bertz CT molecular complexity index is 3250. The van der Waals surface area contributed by atoms with Crippen molar-refractivity contribution in [1.29, 1.82) is 0 Å². The molecule has 14 nitrogen and oxygen atoms in total. The molecule has 2 amide bonds. The Morgan fingerprint density at radius 2 is 0.919 bits per heavy atom. The molecule has 10 rings (SSSR count). The van der Waals surface area contributed by atoms with Gasteiger partial charge in [0.2, 0.25) is 11.8 Å². The van der Waals surface area contributed by atoms with E-state index in [9.17, 15) is 26.4 Å². The maximum atomic E-state index is 13.8. The summed E-state index contributed by atoms with van der Waals surface area (Å²) in [7, 11) is -5.15. The maximum Gasteiger partial charge on any atom is 0.358 e. The Kier molecular flexibility index (Phi) is 15.4. The average molecular weight is 1210 g/mol. The molecule has 2 heterocycles. The van der Waals surface area contributed by atoms with Crippen LogP contribution >= 0.6 is 55.1 Å². The minimum Gasteiger partial charge on any atom is -0.380 e. The van der Waals surface area contributed by atoms with Crippen molar-refractivity contribution in [1.82, 2.24) is 0 Å². The summed E-state index contributed by atoms with van der Waals surface area (Å²) in [6, 6.07) is 38.7. The molecule has 2 spiro atoms. The molecular weight excluding hydrogens is 1160 g/mol. The number of ether oxygens (including phenoxy) is 2. The van der Waals surface area contributed by atoms with Gasteiger partial charge in [-0.2, -0.15) is 16.8 Å². The second kappa shape index (κ2) is 21.3. The Labute approximate surface area is 456 Å². The van der Waals surface area contributed by atoms with Gasteiger partial charge in [0.1, 0.15) is 20.6 Å². The number of fused-ring (bicyclic) bond motifs is 4. The van der Waals surface area contributed by atoms with Crippen molar-refractivity contribution in [2.75, 3.05) is 24.9 Å². The maximum absolute atomic E-state index is 13.8. The van der Waals surface area contributed by atoms with Gasteiger partial charge in [0.25, 0.3) is 0 Å². The zero-order chi connectivity index (χ0) is 52.7. The number of halogens is 4. The zero-order valence-corrected chi connectivity index (χ0v) is 46.5. The molecule has 2 fully saturated rings. The van der Waals surface area contributed by atoms with Gasteiger partial charge in [-0.3, -0.25) is 18.2 Å². The highest BCUT2D eigenvalue weighted by atomic mass is 79.9. The topological polar surface area (TPSA) is 188 Å². The first-order valence-corrected chi connectivity index (χ1v) is 28.4. The second-order valence-corrected chi connectivity index (χ2v) is 24.3. The minimum absolute atomic E-state index is 0.0130. The molecule has 6 aromatic carbocycles. The largest absolute Gasteiger partial charge is 0.380 e. The summed E-state index contributed by atoms with van der Waals surface area (Å²) >= 11 is 19.7. The van der Waals surface area contributed by atoms with E-state index in [1.54, 1.807) is 50.6 Å². The second-order valence-electron chi connectivity index (χ2n) is 18.5. The van der Waals surface area contributed by atoms with Crippen molar-refractivity contribution >= 4 is 110 Å². The van der Waals surface area contributed by atoms with Gasteiger partial charge < -0.3 is 20.1 Å². The lowest BCUT2D eigenvalue weighted by molar-refractivity contribution is -0.128. The molecule has 4 aliphatic rings. The summed E-state index contributed by atoms with van der Waals surface area (Å²) in [6.45, 7) is 3.73. The summed E-state index contributed by atoms with van der Waals surface area (Å²) in [5, 5.41) is 15.3. The molecule has 74 heavy (non-hydrogen) atoms. The third kappa shape index (κ3) is 10.1. The van der Waals surface area contributed by atoms with Gasteiger partial charge in [-0.1, -0.05) is 137 Å². The van der Waals surface area contributed by atoms with Crippen LogP contribution in [0.5, 0.6) is 0 Å². The monoisotopic (exact) mass is 1200 g/mol. The number of hydrogen-bond acceptors (Lipinski definition) is 12. The molecule has 20 heteroatoms. The molecule has 384 valence electrons. The Morgan fingerprint density at radius 3 is 1.27 bits per heavy atom. The first-order chi connectivity index (χ1) is 35.3. The van der Waals surface area contributed by atoms with Crippen molar-refractivity contribution in [3.8, 4) is 0 Å².